The van der Waals surface area contributed by atoms with E-state index in [0.29, 0.717) is 22.8 Å². The molecule has 0 saturated heterocycles. The molecule has 0 radical (unpaired) electrons. The molecule has 2 aromatic rings. The van der Waals surface area contributed by atoms with Gasteiger partial charge < -0.3 is 9.84 Å². The molecule has 0 amide bonds. The first-order valence-corrected chi connectivity index (χ1v) is 6.90. The van der Waals surface area contributed by atoms with Crippen molar-refractivity contribution in [2.75, 3.05) is 6.61 Å². The van der Waals surface area contributed by atoms with E-state index < -0.39 is 11.9 Å². The molecule has 2 nitrogen and oxygen atoms in total. The van der Waals surface area contributed by atoms with Crippen LogP contribution in [0.25, 0.3) is 0 Å². The van der Waals surface area contributed by atoms with Crippen molar-refractivity contribution in [1.82, 2.24) is 0 Å². The number of hydrogen-bond donors (Lipinski definition) is 1. The van der Waals surface area contributed by atoms with Gasteiger partial charge in [-0.25, -0.2) is 4.39 Å². The summed E-state index contributed by atoms with van der Waals surface area (Å²) in [6.07, 6.45) is 0.138. The Morgan fingerprint density at radius 3 is 2.85 bits per heavy atom. The zero-order valence-corrected chi connectivity index (χ0v) is 11.5. The van der Waals surface area contributed by atoms with E-state index in [4.69, 9.17) is 16.3 Å². The maximum atomic E-state index is 13.8. The number of para-hydroxylation sites is 1. The number of aliphatic hydroxyl groups excluding tert-OH is 1. The van der Waals surface area contributed by atoms with E-state index in [1.165, 1.54) is 6.07 Å². The van der Waals surface area contributed by atoms with Crippen molar-refractivity contribution in [3.63, 3.8) is 0 Å². The quantitative estimate of drug-likeness (QED) is 0.935. The second-order valence-electron chi connectivity index (χ2n) is 4.85. The predicted octanol–water partition coefficient (Wildman–Crippen LogP) is 3.69. The molecule has 104 valence electrons. The third kappa shape index (κ3) is 2.39. The summed E-state index contributed by atoms with van der Waals surface area (Å²) in [6.45, 7) is 0.625. The van der Waals surface area contributed by atoms with E-state index in [2.05, 4.69) is 0 Å². The van der Waals surface area contributed by atoms with Gasteiger partial charge in [0.2, 0.25) is 0 Å². The molecule has 0 aliphatic carbocycles. The molecule has 0 bridgehead atoms. The Kier molecular flexibility index (Phi) is 3.64. The highest BCUT2D eigenvalue weighted by molar-refractivity contribution is 6.31. The Morgan fingerprint density at radius 1 is 1.25 bits per heavy atom. The predicted molar refractivity (Wildman–Crippen MR) is 75.7 cm³/mol. The van der Waals surface area contributed by atoms with E-state index in [9.17, 15) is 9.50 Å². The van der Waals surface area contributed by atoms with Crippen LogP contribution in [0.1, 0.15) is 22.8 Å². The molecular weight excluding hydrogens is 279 g/mol. The smallest absolute Gasteiger partial charge is 0.128 e. The number of halogens is 2. The molecule has 1 atom stereocenters. The Labute approximate surface area is 121 Å². The molecule has 0 saturated carbocycles. The third-order valence-electron chi connectivity index (χ3n) is 3.56. The highest BCUT2D eigenvalue weighted by atomic mass is 35.5. The molecule has 3 rings (SSSR count). The molecule has 1 unspecified atom stereocenters. The van der Waals surface area contributed by atoms with Crippen LogP contribution in [0.2, 0.25) is 5.02 Å². The van der Waals surface area contributed by atoms with Gasteiger partial charge in [-0.3, -0.25) is 0 Å². The molecule has 20 heavy (non-hydrogen) atoms. The van der Waals surface area contributed by atoms with Crippen LogP contribution in [0.3, 0.4) is 0 Å². The summed E-state index contributed by atoms with van der Waals surface area (Å²) >= 11 is 6.00. The van der Waals surface area contributed by atoms with Gasteiger partial charge in [-0.1, -0.05) is 35.9 Å². The van der Waals surface area contributed by atoms with E-state index in [-0.39, 0.29) is 6.42 Å². The summed E-state index contributed by atoms with van der Waals surface area (Å²) < 4.78 is 19.3. The lowest BCUT2D eigenvalue weighted by atomic mass is 9.98. The van der Waals surface area contributed by atoms with Gasteiger partial charge in [-0.2, -0.15) is 0 Å². The first-order chi connectivity index (χ1) is 9.66. The van der Waals surface area contributed by atoms with E-state index in [1.807, 2.05) is 18.2 Å². The van der Waals surface area contributed by atoms with Gasteiger partial charge in [-0.15, -0.1) is 0 Å². The first-order valence-electron chi connectivity index (χ1n) is 6.52. The van der Waals surface area contributed by atoms with Gasteiger partial charge in [0.15, 0.2) is 0 Å². The summed E-state index contributed by atoms with van der Waals surface area (Å²) in [4.78, 5) is 0. The van der Waals surface area contributed by atoms with Crippen LogP contribution in [0.15, 0.2) is 36.4 Å². The number of hydrogen-bond acceptors (Lipinski definition) is 2. The number of aliphatic hydroxyl groups is 1. The Morgan fingerprint density at radius 2 is 2.05 bits per heavy atom. The number of fused-ring (bicyclic) bond motifs is 1. The lowest BCUT2D eigenvalue weighted by molar-refractivity contribution is 0.172. The Balaban J connectivity index is 1.91. The molecular formula is C16H14ClFO2. The summed E-state index contributed by atoms with van der Waals surface area (Å²) in [6, 6.07) is 10.2. The minimum atomic E-state index is -0.836. The van der Waals surface area contributed by atoms with Gasteiger partial charge >= 0.3 is 0 Å². The number of ether oxygens (including phenoxy) is 1. The monoisotopic (exact) mass is 292 g/mol. The zero-order valence-electron chi connectivity index (χ0n) is 10.8. The number of rotatable bonds is 3. The van der Waals surface area contributed by atoms with Crippen molar-refractivity contribution in [3.05, 3.63) is 63.9 Å². The maximum Gasteiger partial charge on any atom is 0.128 e. The van der Waals surface area contributed by atoms with E-state index in [0.717, 1.165) is 17.7 Å². The highest BCUT2D eigenvalue weighted by Crippen LogP contribution is 2.35. The average molecular weight is 293 g/mol. The molecule has 1 N–H and O–H groups in total. The fourth-order valence-electron chi connectivity index (χ4n) is 2.53. The lowest BCUT2D eigenvalue weighted by Crippen LogP contribution is -2.06. The molecule has 0 fully saturated rings. The Hall–Kier alpha value is -1.58. The molecule has 4 heteroatoms. The van der Waals surface area contributed by atoms with Crippen LogP contribution < -0.4 is 4.74 Å². The standard InChI is InChI=1S/C16H14ClFO2/c17-13-5-2-6-14(18)12(13)9-15(19)11-4-1-3-10-7-8-20-16(10)11/h1-6,15,19H,7-9H2. The average Bonchev–Trinajstić information content (AvgIpc) is 2.91. The molecule has 2 aromatic carbocycles. The lowest BCUT2D eigenvalue weighted by Gasteiger charge is -2.15. The third-order valence-corrected chi connectivity index (χ3v) is 3.92. The van der Waals surface area contributed by atoms with Crippen molar-refractivity contribution < 1.29 is 14.2 Å². The van der Waals surface area contributed by atoms with E-state index >= 15 is 0 Å². The topological polar surface area (TPSA) is 29.5 Å². The van der Waals surface area contributed by atoms with Crippen LogP contribution >= 0.6 is 11.6 Å². The van der Waals surface area contributed by atoms with E-state index in [1.54, 1.807) is 12.1 Å². The Bertz CT molecular complexity index is 622. The van der Waals surface area contributed by atoms with Gasteiger partial charge in [-0.05, 0) is 17.7 Å². The molecule has 1 aliphatic rings. The normalized spacial score (nSPS) is 14.8. The molecule has 1 heterocycles. The highest BCUT2D eigenvalue weighted by Gasteiger charge is 2.22. The summed E-state index contributed by atoms with van der Waals surface area (Å²) in [5.74, 6) is 0.331. The van der Waals surface area contributed by atoms with Crippen molar-refractivity contribution in [2.45, 2.75) is 18.9 Å². The van der Waals surface area contributed by atoms with Crippen LogP contribution in [0.4, 0.5) is 4.39 Å². The van der Waals surface area contributed by atoms with Gasteiger partial charge in [0.05, 0.1) is 12.7 Å². The van der Waals surface area contributed by atoms with Crippen molar-refractivity contribution in [1.29, 1.82) is 0 Å². The maximum absolute atomic E-state index is 13.8. The number of benzene rings is 2. The minimum Gasteiger partial charge on any atom is -0.493 e. The van der Waals surface area contributed by atoms with Crippen LogP contribution in [0.5, 0.6) is 5.75 Å². The second kappa shape index (κ2) is 5.43. The van der Waals surface area contributed by atoms with Gasteiger partial charge in [0, 0.05) is 29.0 Å². The largest absolute Gasteiger partial charge is 0.493 e. The summed E-state index contributed by atoms with van der Waals surface area (Å²) in [5, 5.41) is 10.7. The first kappa shape index (κ1) is 13.4. The van der Waals surface area contributed by atoms with Crippen LogP contribution in [-0.2, 0) is 12.8 Å². The SMILES string of the molecule is OC(Cc1c(F)cccc1Cl)c1cccc2c1OCC2. The second-order valence-corrected chi connectivity index (χ2v) is 5.26. The molecule has 0 aromatic heterocycles. The zero-order chi connectivity index (χ0) is 14.1. The van der Waals surface area contributed by atoms with Crippen molar-refractivity contribution >= 4 is 11.6 Å². The fraction of sp³-hybridized carbons (Fsp3) is 0.250. The molecule has 0 spiro atoms. The van der Waals surface area contributed by atoms with Crippen molar-refractivity contribution in [2.24, 2.45) is 0 Å². The summed E-state index contributed by atoms with van der Waals surface area (Å²) in [5.41, 5.74) is 2.11. The van der Waals surface area contributed by atoms with Crippen molar-refractivity contribution in [3.8, 4) is 5.75 Å². The van der Waals surface area contributed by atoms with Gasteiger partial charge in [0.25, 0.3) is 0 Å². The minimum absolute atomic E-state index is 0.130. The molecule has 1 aliphatic heterocycles. The van der Waals surface area contributed by atoms with Crippen LogP contribution in [0, 0.1) is 5.82 Å². The van der Waals surface area contributed by atoms with Crippen LogP contribution in [-0.4, -0.2) is 11.7 Å². The fourth-order valence-corrected chi connectivity index (χ4v) is 2.77. The summed E-state index contributed by atoms with van der Waals surface area (Å²) in [7, 11) is 0. The van der Waals surface area contributed by atoms with Gasteiger partial charge in [0.1, 0.15) is 11.6 Å².